The topological polar surface area (TPSA) is 94.2 Å². The van der Waals surface area contributed by atoms with Gasteiger partial charge in [-0.3, -0.25) is 4.79 Å². The van der Waals surface area contributed by atoms with E-state index in [0.717, 1.165) is 23.8 Å². The van der Waals surface area contributed by atoms with Crippen molar-refractivity contribution in [3.05, 3.63) is 58.2 Å². The van der Waals surface area contributed by atoms with Gasteiger partial charge in [0.25, 0.3) is 5.91 Å². The minimum atomic E-state index is -4.62. The van der Waals surface area contributed by atoms with Crippen LogP contribution in [0.5, 0.6) is 0 Å². The van der Waals surface area contributed by atoms with Crippen LogP contribution >= 0.6 is 0 Å². The van der Waals surface area contributed by atoms with Gasteiger partial charge in [-0.25, -0.2) is 9.37 Å². The zero-order valence-electron chi connectivity index (χ0n) is 18.1. The van der Waals surface area contributed by atoms with Gasteiger partial charge in [-0.1, -0.05) is 0 Å². The Hall–Kier alpha value is -3.34. The van der Waals surface area contributed by atoms with Crippen molar-refractivity contribution in [2.45, 2.75) is 45.7 Å². The number of rotatable bonds is 4. The molecule has 0 radical (unpaired) electrons. The molecule has 0 unspecified atom stereocenters. The fraction of sp³-hybridized carbons (Fsp3) is 0.364. The number of benzene rings is 1. The number of aromatic nitrogens is 3. The molecule has 3 aromatic rings. The van der Waals surface area contributed by atoms with E-state index in [4.69, 9.17) is 10.5 Å². The van der Waals surface area contributed by atoms with Gasteiger partial charge < -0.3 is 15.4 Å². The first-order valence-corrected chi connectivity index (χ1v) is 10.3. The zero-order chi connectivity index (χ0) is 24.1. The highest BCUT2D eigenvalue weighted by Crippen LogP contribution is 2.39. The minimum Gasteiger partial charge on any atom is -0.383 e. The van der Waals surface area contributed by atoms with Crippen molar-refractivity contribution >= 4 is 22.6 Å². The lowest BCUT2D eigenvalue weighted by Crippen LogP contribution is -2.34. The van der Waals surface area contributed by atoms with E-state index in [-0.39, 0.29) is 36.3 Å². The summed E-state index contributed by atoms with van der Waals surface area (Å²) in [5.74, 6) is -1.16. The Balaban J connectivity index is 1.72. The van der Waals surface area contributed by atoms with Gasteiger partial charge in [-0.05, 0) is 44.5 Å². The third kappa shape index (κ3) is 3.97. The van der Waals surface area contributed by atoms with Crippen LogP contribution in [0.3, 0.4) is 0 Å². The summed E-state index contributed by atoms with van der Waals surface area (Å²) in [5.41, 5.74) is 6.62. The fourth-order valence-electron chi connectivity index (χ4n) is 4.08. The Bertz CT molecular complexity index is 1230. The molecule has 0 spiro atoms. The van der Waals surface area contributed by atoms with Crippen molar-refractivity contribution in [3.63, 3.8) is 0 Å². The van der Waals surface area contributed by atoms with Crippen molar-refractivity contribution in [2.24, 2.45) is 0 Å². The second kappa shape index (κ2) is 8.22. The number of nitrogens with two attached hydrogens (primary N) is 1. The Morgan fingerprint density at radius 1 is 1.30 bits per heavy atom. The Labute approximate surface area is 186 Å². The first-order chi connectivity index (χ1) is 15.5. The van der Waals surface area contributed by atoms with E-state index >= 15 is 0 Å². The second-order valence-corrected chi connectivity index (χ2v) is 7.80. The molecule has 11 heteroatoms. The minimum absolute atomic E-state index is 0.150. The van der Waals surface area contributed by atoms with E-state index < -0.39 is 29.6 Å². The SMILES string of the molecule is CCN(C(=O)c1cc2c3c(c(N)nc2cc1F)[C@H](C)OC3)[C@H](C)c1ccc(C(F)(F)F)nn1. The summed E-state index contributed by atoms with van der Waals surface area (Å²) in [5, 5.41) is 7.40. The highest BCUT2D eigenvalue weighted by molar-refractivity contribution is 5.99. The van der Waals surface area contributed by atoms with E-state index in [9.17, 15) is 22.4 Å². The van der Waals surface area contributed by atoms with Gasteiger partial charge in [0.2, 0.25) is 0 Å². The maximum atomic E-state index is 15.0. The van der Waals surface area contributed by atoms with Gasteiger partial charge in [-0.2, -0.15) is 18.3 Å². The number of fused-ring (bicyclic) bond motifs is 3. The molecule has 2 atom stereocenters. The van der Waals surface area contributed by atoms with Gasteiger partial charge in [0, 0.05) is 23.6 Å². The zero-order valence-corrected chi connectivity index (χ0v) is 18.1. The number of carbonyl (C=O) groups is 1. The highest BCUT2D eigenvalue weighted by atomic mass is 19.4. The van der Waals surface area contributed by atoms with Crippen LogP contribution in [0.25, 0.3) is 10.9 Å². The fourth-order valence-corrected chi connectivity index (χ4v) is 4.08. The summed E-state index contributed by atoms with van der Waals surface area (Å²) in [4.78, 5) is 18.9. The number of nitrogen functional groups attached to an aromatic ring is 1. The van der Waals surface area contributed by atoms with E-state index in [1.807, 2.05) is 6.92 Å². The van der Waals surface area contributed by atoms with E-state index in [0.29, 0.717) is 16.5 Å². The number of ether oxygens (including phenoxy) is 1. The average Bonchev–Trinajstić information content (AvgIpc) is 3.15. The molecular formula is C22H21F4N5O2. The number of nitrogens with zero attached hydrogens (tertiary/aromatic N) is 4. The van der Waals surface area contributed by atoms with Crippen molar-refractivity contribution in [2.75, 3.05) is 12.3 Å². The smallest absolute Gasteiger partial charge is 0.383 e. The van der Waals surface area contributed by atoms with Crippen LogP contribution in [0.1, 0.15) is 65.8 Å². The van der Waals surface area contributed by atoms with Crippen molar-refractivity contribution < 1.29 is 27.1 Å². The molecule has 2 N–H and O–H groups in total. The molecule has 33 heavy (non-hydrogen) atoms. The molecule has 0 fully saturated rings. The number of anilines is 1. The van der Waals surface area contributed by atoms with E-state index in [1.165, 1.54) is 11.0 Å². The molecule has 0 saturated carbocycles. The molecular weight excluding hydrogens is 442 g/mol. The van der Waals surface area contributed by atoms with Crippen LogP contribution in [0.15, 0.2) is 24.3 Å². The van der Waals surface area contributed by atoms with Crippen LogP contribution < -0.4 is 5.73 Å². The summed E-state index contributed by atoms with van der Waals surface area (Å²) in [7, 11) is 0. The highest BCUT2D eigenvalue weighted by Gasteiger charge is 2.34. The van der Waals surface area contributed by atoms with Crippen LogP contribution in [-0.4, -0.2) is 32.5 Å². The first kappa shape index (κ1) is 22.8. The molecule has 7 nitrogen and oxygen atoms in total. The lowest BCUT2D eigenvalue weighted by atomic mass is 9.99. The number of pyridine rings is 1. The van der Waals surface area contributed by atoms with Gasteiger partial charge in [0.15, 0.2) is 5.69 Å². The lowest BCUT2D eigenvalue weighted by Gasteiger charge is -2.28. The summed E-state index contributed by atoms with van der Waals surface area (Å²) in [6.45, 7) is 5.52. The van der Waals surface area contributed by atoms with Crippen LogP contribution in [0, 0.1) is 5.82 Å². The number of alkyl halides is 3. The summed E-state index contributed by atoms with van der Waals surface area (Å²) in [6.07, 6.45) is -4.89. The van der Waals surface area contributed by atoms with Crippen molar-refractivity contribution in [1.82, 2.24) is 20.1 Å². The number of amides is 1. The first-order valence-electron chi connectivity index (χ1n) is 10.3. The third-order valence-electron chi connectivity index (χ3n) is 5.84. The predicted molar refractivity (Wildman–Crippen MR) is 111 cm³/mol. The van der Waals surface area contributed by atoms with Crippen molar-refractivity contribution in [1.29, 1.82) is 0 Å². The molecule has 0 aliphatic carbocycles. The van der Waals surface area contributed by atoms with Gasteiger partial charge in [0.05, 0.1) is 35.5 Å². The van der Waals surface area contributed by atoms with Gasteiger partial charge in [-0.15, -0.1) is 5.10 Å². The average molecular weight is 463 g/mol. The van der Waals surface area contributed by atoms with Gasteiger partial charge >= 0.3 is 6.18 Å². The maximum absolute atomic E-state index is 15.0. The second-order valence-electron chi connectivity index (χ2n) is 7.80. The quantitative estimate of drug-likeness (QED) is 0.570. The molecule has 1 amide bonds. The molecule has 3 heterocycles. The summed E-state index contributed by atoms with van der Waals surface area (Å²) < 4.78 is 58.9. The van der Waals surface area contributed by atoms with Crippen LogP contribution in [0.2, 0.25) is 0 Å². The third-order valence-corrected chi connectivity index (χ3v) is 5.84. The molecule has 4 rings (SSSR count). The number of hydrogen-bond acceptors (Lipinski definition) is 6. The largest absolute Gasteiger partial charge is 0.435 e. The monoisotopic (exact) mass is 463 g/mol. The Kier molecular flexibility index (Phi) is 5.69. The van der Waals surface area contributed by atoms with E-state index in [1.54, 1.807) is 13.8 Å². The molecule has 1 aliphatic heterocycles. The number of halogens is 4. The summed E-state index contributed by atoms with van der Waals surface area (Å²) >= 11 is 0. The lowest BCUT2D eigenvalue weighted by molar-refractivity contribution is -0.141. The summed E-state index contributed by atoms with van der Waals surface area (Å²) in [6, 6.07) is 3.79. The number of carbonyl (C=O) groups excluding carboxylic acids is 1. The molecule has 1 aliphatic rings. The Morgan fingerprint density at radius 2 is 2.03 bits per heavy atom. The number of hydrogen-bond donors (Lipinski definition) is 1. The van der Waals surface area contributed by atoms with Crippen molar-refractivity contribution in [3.8, 4) is 0 Å². The molecule has 0 saturated heterocycles. The van der Waals surface area contributed by atoms with Gasteiger partial charge in [0.1, 0.15) is 11.6 Å². The predicted octanol–water partition coefficient (Wildman–Crippen LogP) is 4.58. The van der Waals surface area contributed by atoms with E-state index in [2.05, 4.69) is 15.2 Å². The van der Waals surface area contributed by atoms with Crippen LogP contribution in [-0.2, 0) is 17.5 Å². The Morgan fingerprint density at radius 3 is 2.64 bits per heavy atom. The molecule has 1 aromatic carbocycles. The molecule has 0 bridgehead atoms. The van der Waals surface area contributed by atoms with Crippen LogP contribution in [0.4, 0.5) is 23.4 Å². The normalized spacial score (nSPS) is 16.6. The maximum Gasteiger partial charge on any atom is 0.435 e. The molecule has 174 valence electrons. The standard InChI is InChI=1S/C22H21F4N5O2/c1-4-31(10(2)16-5-6-18(30-29-16)22(24,25)26)21(32)13-7-12-14-9-33-11(3)19(14)20(27)28-17(12)8-15(13)23/h5-8,10-11H,4,9H2,1-3H3,(H2,27,28)/t10-,11+/m1/s1. The molecule has 2 aromatic heterocycles.